The Bertz CT molecular complexity index is 1950. The molecule has 1 N–H and O–H groups in total. The molecular formula is C31H27N5O5S. The Kier molecular flexibility index (Phi) is 7.91. The highest BCUT2D eigenvalue weighted by Gasteiger charge is 2.30. The fourth-order valence-corrected chi connectivity index (χ4v) is 6.30. The maximum Gasteiger partial charge on any atom is 0.326 e. The van der Waals surface area contributed by atoms with Crippen LogP contribution in [0.4, 0.5) is 5.69 Å². The third-order valence-corrected chi connectivity index (χ3v) is 8.59. The number of carbonyl (C=O) groups excluding carboxylic acids is 2. The summed E-state index contributed by atoms with van der Waals surface area (Å²) in [7, 11) is -2.52. The molecule has 42 heavy (non-hydrogen) atoms. The molecule has 0 bridgehead atoms. The van der Waals surface area contributed by atoms with Gasteiger partial charge in [-0.1, -0.05) is 30.3 Å². The number of nitriles is 1. The van der Waals surface area contributed by atoms with E-state index in [4.69, 9.17) is 10.00 Å². The van der Waals surface area contributed by atoms with Crippen molar-refractivity contribution in [2.24, 2.45) is 7.05 Å². The van der Waals surface area contributed by atoms with Crippen LogP contribution in [0, 0.1) is 11.3 Å². The number of hydrogen-bond donors (Lipinski definition) is 1. The summed E-state index contributed by atoms with van der Waals surface area (Å²) in [5.74, 6) is -1.08. The average Bonchev–Trinajstić information content (AvgIpc) is 3.34. The lowest BCUT2D eigenvalue weighted by atomic mass is 10.1. The number of aryl methyl sites for hydroxylation is 1. The van der Waals surface area contributed by atoms with E-state index in [9.17, 15) is 18.0 Å². The number of aromatic nitrogens is 2. The number of amides is 1. The van der Waals surface area contributed by atoms with Crippen LogP contribution in [0.3, 0.4) is 0 Å². The maximum atomic E-state index is 14.1. The van der Waals surface area contributed by atoms with Gasteiger partial charge in [-0.05, 0) is 55.0 Å². The van der Waals surface area contributed by atoms with Crippen molar-refractivity contribution in [1.29, 1.82) is 5.26 Å². The lowest BCUT2D eigenvalue weighted by molar-refractivity contribution is -0.141. The predicted octanol–water partition coefficient (Wildman–Crippen LogP) is 4.29. The van der Waals surface area contributed by atoms with E-state index in [0.717, 1.165) is 9.87 Å². The van der Waals surface area contributed by atoms with Crippen LogP contribution in [0.2, 0.25) is 0 Å². The second-order valence-electron chi connectivity index (χ2n) is 9.49. The molecule has 0 fully saturated rings. The third kappa shape index (κ3) is 5.53. The van der Waals surface area contributed by atoms with Crippen molar-refractivity contribution in [2.75, 3.05) is 17.5 Å². The number of rotatable bonds is 9. The predicted molar refractivity (Wildman–Crippen MR) is 158 cm³/mol. The van der Waals surface area contributed by atoms with E-state index in [1.165, 1.54) is 12.3 Å². The van der Waals surface area contributed by atoms with Gasteiger partial charge in [-0.3, -0.25) is 18.9 Å². The van der Waals surface area contributed by atoms with Crippen LogP contribution in [0.1, 0.15) is 28.4 Å². The van der Waals surface area contributed by atoms with Crippen molar-refractivity contribution in [3.63, 3.8) is 0 Å². The standard InChI is InChI=1S/C31H27N5O5S/c1-3-41-29(37)20-36(42(39,40)28-8-4-6-23-7-5-15-33-30(23)28)24-13-14-27-25(16-24)26(19-35(27)2)31(38)34-18-22-11-9-21(17-32)10-12-22/h4-16,19H,3,18,20H2,1-2H3,(H,34,38). The van der Waals surface area contributed by atoms with E-state index in [1.807, 2.05) is 0 Å². The van der Waals surface area contributed by atoms with Gasteiger partial charge in [-0.25, -0.2) is 8.42 Å². The summed E-state index contributed by atoms with van der Waals surface area (Å²) in [5, 5.41) is 13.0. The minimum atomic E-state index is -4.30. The van der Waals surface area contributed by atoms with Crippen molar-refractivity contribution in [3.8, 4) is 6.07 Å². The van der Waals surface area contributed by atoms with Gasteiger partial charge in [-0.15, -0.1) is 0 Å². The Morgan fingerprint density at radius 3 is 2.57 bits per heavy atom. The van der Waals surface area contributed by atoms with Crippen molar-refractivity contribution in [2.45, 2.75) is 18.4 Å². The number of benzene rings is 3. The SMILES string of the molecule is CCOC(=O)CN(c1ccc2c(c1)c(C(=O)NCc1ccc(C#N)cc1)cn2C)S(=O)(=O)c1cccc2cccnc12. The second-order valence-corrected chi connectivity index (χ2v) is 11.3. The van der Waals surface area contributed by atoms with Gasteiger partial charge in [-0.2, -0.15) is 5.26 Å². The Balaban J connectivity index is 1.55. The van der Waals surface area contributed by atoms with Crippen LogP contribution in [-0.2, 0) is 33.1 Å². The Morgan fingerprint density at radius 2 is 1.83 bits per heavy atom. The highest BCUT2D eigenvalue weighted by atomic mass is 32.2. The molecule has 2 heterocycles. The highest BCUT2D eigenvalue weighted by Crippen LogP contribution is 2.32. The largest absolute Gasteiger partial charge is 0.465 e. The molecule has 5 rings (SSSR count). The number of para-hydroxylation sites is 1. The van der Waals surface area contributed by atoms with Crippen LogP contribution >= 0.6 is 0 Å². The number of nitrogens with one attached hydrogen (secondary N) is 1. The van der Waals surface area contributed by atoms with Gasteiger partial charge in [0.25, 0.3) is 15.9 Å². The second kappa shape index (κ2) is 11.7. The van der Waals surface area contributed by atoms with Crippen LogP contribution in [0.15, 0.2) is 90.1 Å². The minimum absolute atomic E-state index is 0.0570. The van der Waals surface area contributed by atoms with Gasteiger partial charge in [0.1, 0.15) is 11.4 Å². The van der Waals surface area contributed by atoms with E-state index < -0.39 is 22.5 Å². The fourth-order valence-electron chi connectivity index (χ4n) is 4.73. The molecule has 212 valence electrons. The van der Waals surface area contributed by atoms with Crippen LogP contribution in [-0.4, -0.2) is 43.0 Å². The normalized spacial score (nSPS) is 11.3. The number of pyridine rings is 1. The Morgan fingerprint density at radius 1 is 1.07 bits per heavy atom. The van der Waals surface area contributed by atoms with Crippen LogP contribution < -0.4 is 9.62 Å². The summed E-state index contributed by atoms with van der Waals surface area (Å²) in [6.45, 7) is 1.39. The van der Waals surface area contributed by atoms with Crippen LogP contribution in [0.25, 0.3) is 21.8 Å². The number of hydrogen-bond acceptors (Lipinski definition) is 7. The quantitative estimate of drug-likeness (QED) is 0.257. The van der Waals surface area contributed by atoms with Crippen molar-refractivity contribution < 1.29 is 22.7 Å². The molecule has 0 aliphatic rings. The zero-order chi connectivity index (χ0) is 29.9. The van der Waals surface area contributed by atoms with Gasteiger partial charge in [0.2, 0.25) is 0 Å². The zero-order valence-corrected chi connectivity index (χ0v) is 23.8. The van der Waals surface area contributed by atoms with Crippen LogP contribution in [0.5, 0.6) is 0 Å². The molecule has 3 aromatic carbocycles. The summed E-state index contributed by atoms with van der Waals surface area (Å²) in [6.07, 6.45) is 3.18. The molecule has 0 saturated heterocycles. The molecule has 1 amide bonds. The van der Waals surface area contributed by atoms with Gasteiger partial charge in [0, 0.05) is 42.3 Å². The molecule has 0 saturated carbocycles. The molecule has 0 spiro atoms. The van der Waals surface area contributed by atoms with E-state index in [0.29, 0.717) is 27.4 Å². The monoisotopic (exact) mass is 581 g/mol. The molecule has 0 atom stereocenters. The first-order valence-corrected chi connectivity index (χ1v) is 14.6. The summed E-state index contributed by atoms with van der Waals surface area (Å²) in [5.41, 5.74) is 2.84. The first-order chi connectivity index (χ1) is 20.2. The summed E-state index contributed by atoms with van der Waals surface area (Å²) >= 11 is 0. The van der Waals surface area contributed by atoms with E-state index in [1.54, 1.807) is 91.5 Å². The molecule has 10 nitrogen and oxygen atoms in total. The zero-order valence-electron chi connectivity index (χ0n) is 22.9. The highest BCUT2D eigenvalue weighted by molar-refractivity contribution is 7.93. The van der Waals surface area contributed by atoms with Crippen molar-refractivity contribution in [3.05, 3.63) is 102 Å². The molecule has 11 heteroatoms. The van der Waals surface area contributed by atoms with E-state index in [2.05, 4.69) is 16.4 Å². The maximum absolute atomic E-state index is 14.1. The van der Waals surface area contributed by atoms with Crippen molar-refractivity contribution >= 4 is 49.4 Å². The van der Waals surface area contributed by atoms with Gasteiger partial charge >= 0.3 is 5.97 Å². The molecular weight excluding hydrogens is 554 g/mol. The third-order valence-electron chi connectivity index (χ3n) is 6.78. The molecule has 0 unspecified atom stereocenters. The van der Waals surface area contributed by atoms with E-state index >= 15 is 0 Å². The Labute approximate surface area is 242 Å². The summed E-state index contributed by atoms with van der Waals surface area (Å²) in [6, 6.07) is 22.1. The number of sulfonamides is 1. The number of carbonyl (C=O) groups is 2. The van der Waals surface area contributed by atoms with Gasteiger partial charge in [0.05, 0.1) is 35.0 Å². The van der Waals surface area contributed by atoms with Crippen molar-refractivity contribution in [1.82, 2.24) is 14.9 Å². The van der Waals surface area contributed by atoms with Gasteiger partial charge < -0.3 is 14.6 Å². The lowest BCUT2D eigenvalue weighted by Crippen LogP contribution is -2.36. The fraction of sp³-hybridized carbons (Fsp3) is 0.161. The number of ether oxygens (including phenoxy) is 1. The number of fused-ring (bicyclic) bond motifs is 2. The first-order valence-electron chi connectivity index (χ1n) is 13.1. The average molecular weight is 582 g/mol. The minimum Gasteiger partial charge on any atom is -0.465 e. The van der Waals surface area contributed by atoms with E-state index in [-0.39, 0.29) is 35.2 Å². The summed E-state index contributed by atoms with van der Waals surface area (Å²) in [4.78, 5) is 30.2. The van der Waals surface area contributed by atoms with Gasteiger partial charge in [0.15, 0.2) is 0 Å². The Hall–Kier alpha value is -5.21. The molecule has 2 aromatic heterocycles. The topological polar surface area (TPSA) is 134 Å². The number of anilines is 1. The lowest BCUT2D eigenvalue weighted by Gasteiger charge is -2.24. The first kappa shape index (κ1) is 28.3. The smallest absolute Gasteiger partial charge is 0.326 e. The molecule has 0 radical (unpaired) electrons. The number of nitrogens with zero attached hydrogens (tertiary/aromatic N) is 4. The molecule has 0 aliphatic heterocycles. The summed E-state index contributed by atoms with van der Waals surface area (Å²) < 4.78 is 36.1. The number of esters is 1. The molecule has 0 aliphatic carbocycles. The molecule has 5 aromatic rings.